The Balaban J connectivity index is 1.42. The van der Waals surface area contributed by atoms with Crippen molar-refractivity contribution in [1.29, 1.82) is 0 Å². The topological polar surface area (TPSA) is 38.3 Å². The average molecular weight is 654 g/mol. The van der Waals surface area contributed by atoms with E-state index in [1.807, 2.05) is 20.8 Å². The Bertz CT molecular complexity index is 2050. The maximum absolute atomic E-state index is 13.8. The van der Waals surface area contributed by atoms with Gasteiger partial charge in [0.2, 0.25) is 0 Å². The molecule has 0 amide bonds. The number of ether oxygens (including phenoxy) is 1. The molecule has 0 saturated heterocycles. The van der Waals surface area contributed by atoms with Crippen molar-refractivity contribution in [2.75, 3.05) is 0 Å². The SMILES string of the molecule is CC1(C)c2cccc(C(NS(=O)C(C)(C)C)c3ccc4ccccc4c3)c2Oc2c(P(c3ccccc3)c3ccccc3)cccc21. The van der Waals surface area contributed by atoms with Gasteiger partial charge >= 0.3 is 0 Å². The number of hydrogen-bond donors (Lipinski definition) is 1. The van der Waals surface area contributed by atoms with Crippen LogP contribution in [-0.2, 0) is 16.4 Å². The predicted octanol–water partition coefficient (Wildman–Crippen LogP) is 9.17. The smallest absolute Gasteiger partial charge is 0.139 e. The molecule has 1 N–H and O–H groups in total. The molecule has 5 heteroatoms. The summed E-state index contributed by atoms with van der Waals surface area (Å²) in [5, 5.41) is 6.07. The lowest BCUT2D eigenvalue weighted by Gasteiger charge is -2.38. The molecule has 0 radical (unpaired) electrons. The second-order valence-electron chi connectivity index (χ2n) is 13.6. The Hall–Kier alpha value is -4.08. The number of hydrogen-bond acceptors (Lipinski definition) is 2. The van der Waals surface area contributed by atoms with Gasteiger partial charge in [-0.05, 0) is 61.7 Å². The minimum atomic E-state index is -1.33. The Morgan fingerprint density at radius 3 is 1.87 bits per heavy atom. The molecule has 236 valence electrons. The van der Waals surface area contributed by atoms with Gasteiger partial charge in [0.25, 0.3) is 0 Å². The van der Waals surface area contributed by atoms with E-state index in [0.29, 0.717) is 0 Å². The molecule has 0 saturated carbocycles. The summed E-state index contributed by atoms with van der Waals surface area (Å²) in [5.74, 6) is 1.76. The Morgan fingerprint density at radius 2 is 1.23 bits per heavy atom. The molecule has 2 atom stereocenters. The van der Waals surface area contributed by atoms with E-state index >= 15 is 0 Å². The maximum atomic E-state index is 13.8. The summed E-state index contributed by atoms with van der Waals surface area (Å²) in [6.45, 7) is 10.6. The van der Waals surface area contributed by atoms with Gasteiger partial charge in [-0.3, -0.25) is 0 Å². The highest BCUT2D eigenvalue weighted by atomic mass is 32.2. The first-order chi connectivity index (χ1) is 22.6. The first-order valence-corrected chi connectivity index (χ1v) is 18.6. The highest BCUT2D eigenvalue weighted by molar-refractivity contribution is 7.84. The predicted molar refractivity (Wildman–Crippen MR) is 201 cm³/mol. The van der Waals surface area contributed by atoms with E-state index < -0.39 is 23.7 Å². The maximum Gasteiger partial charge on any atom is 0.139 e. The number of benzene rings is 6. The van der Waals surface area contributed by atoms with Crippen molar-refractivity contribution in [1.82, 2.24) is 4.72 Å². The van der Waals surface area contributed by atoms with Gasteiger partial charge in [-0.15, -0.1) is 0 Å². The van der Waals surface area contributed by atoms with Crippen LogP contribution in [0.5, 0.6) is 11.5 Å². The summed E-state index contributed by atoms with van der Waals surface area (Å²) >= 11 is 0. The van der Waals surface area contributed by atoms with Crippen molar-refractivity contribution < 1.29 is 8.95 Å². The first kappa shape index (κ1) is 31.5. The standard InChI is InChI=1S/C42H40NO2PS/c1-41(2,3)47(44)43-38(31-27-26-29-16-12-13-17-30(29)28-31)34-22-14-23-35-39(34)45-40-36(42(35,4)5)24-15-25-37(40)46(32-18-8-6-9-19-32)33-20-10-7-11-21-33/h6-28,38,43H,1-5H3. The fourth-order valence-corrected chi connectivity index (χ4v) is 9.73. The third-order valence-electron chi connectivity index (χ3n) is 9.06. The second kappa shape index (κ2) is 12.5. The monoisotopic (exact) mass is 653 g/mol. The van der Waals surface area contributed by atoms with E-state index in [1.54, 1.807) is 0 Å². The highest BCUT2D eigenvalue weighted by Crippen LogP contribution is 2.52. The molecular weight excluding hydrogens is 614 g/mol. The van der Waals surface area contributed by atoms with Crippen LogP contribution in [0.2, 0.25) is 0 Å². The zero-order chi connectivity index (χ0) is 32.8. The molecule has 0 aromatic heterocycles. The van der Waals surface area contributed by atoms with E-state index in [9.17, 15) is 4.21 Å². The third kappa shape index (κ3) is 5.95. The van der Waals surface area contributed by atoms with Gasteiger partial charge in [0.15, 0.2) is 0 Å². The van der Waals surface area contributed by atoms with E-state index in [-0.39, 0.29) is 11.5 Å². The van der Waals surface area contributed by atoms with Crippen LogP contribution in [0.1, 0.15) is 62.9 Å². The van der Waals surface area contributed by atoms with Crippen molar-refractivity contribution in [3.8, 4) is 11.5 Å². The highest BCUT2D eigenvalue weighted by Gasteiger charge is 2.39. The molecule has 0 spiro atoms. The summed E-state index contributed by atoms with van der Waals surface area (Å²) < 4.78 is 24.1. The van der Waals surface area contributed by atoms with Gasteiger partial charge in [0.1, 0.15) is 11.5 Å². The van der Waals surface area contributed by atoms with Gasteiger partial charge < -0.3 is 4.74 Å². The molecule has 3 nitrogen and oxygen atoms in total. The Kier molecular flexibility index (Phi) is 8.39. The number of rotatable bonds is 7. The molecule has 1 heterocycles. The lowest BCUT2D eigenvalue weighted by atomic mass is 9.74. The van der Waals surface area contributed by atoms with Crippen molar-refractivity contribution in [3.05, 3.63) is 162 Å². The van der Waals surface area contributed by atoms with Crippen LogP contribution in [0.25, 0.3) is 10.8 Å². The molecule has 7 rings (SSSR count). The third-order valence-corrected chi connectivity index (χ3v) is 13.1. The van der Waals surface area contributed by atoms with Crippen molar-refractivity contribution >= 4 is 45.6 Å². The molecule has 6 aromatic rings. The summed E-state index contributed by atoms with van der Waals surface area (Å²) in [7, 11) is -2.23. The van der Waals surface area contributed by atoms with E-state index in [2.05, 4.69) is 158 Å². The molecule has 0 bridgehead atoms. The molecule has 47 heavy (non-hydrogen) atoms. The molecule has 0 aliphatic carbocycles. The van der Waals surface area contributed by atoms with Crippen LogP contribution < -0.4 is 25.4 Å². The lowest BCUT2D eigenvalue weighted by Crippen LogP contribution is -2.37. The van der Waals surface area contributed by atoms with Crippen LogP contribution in [0.4, 0.5) is 0 Å². The van der Waals surface area contributed by atoms with E-state index in [1.165, 1.54) is 26.9 Å². The molecule has 2 unspecified atom stereocenters. The number of nitrogens with one attached hydrogen (secondary N) is 1. The lowest BCUT2D eigenvalue weighted by molar-refractivity contribution is 0.413. The zero-order valence-corrected chi connectivity index (χ0v) is 29.2. The second-order valence-corrected chi connectivity index (χ2v) is 17.8. The van der Waals surface area contributed by atoms with Crippen molar-refractivity contribution in [2.24, 2.45) is 0 Å². The van der Waals surface area contributed by atoms with Crippen LogP contribution >= 0.6 is 7.92 Å². The molecule has 0 fully saturated rings. The Labute approximate surface area is 282 Å². The largest absolute Gasteiger partial charge is 0.456 e. The van der Waals surface area contributed by atoms with Crippen molar-refractivity contribution in [2.45, 2.75) is 50.8 Å². The van der Waals surface area contributed by atoms with Crippen LogP contribution in [-0.4, -0.2) is 8.96 Å². The van der Waals surface area contributed by atoms with Gasteiger partial charge in [0.05, 0.1) is 21.8 Å². The van der Waals surface area contributed by atoms with Gasteiger partial charge in [-0.1, -0.05) is 147 Å². The summed E-state index contributed by atoms with van der Waals surface area (Å²) in [5.41, 5.74) is 3.99. The van der Waals surface area contributed by atoms with Gasteiger partial charge in [0, 0.05) is 27.4 Å². The normalized spacial score (nSPS) is 15.0. The summed E-state index contributed by atoms with van der Waals surface area (Å²) in [6.07, 6.45) is 0. The zero-order valence-electron chi connectivity index (χ0n) is 27.5. The fourth-order valence-electron chi connectivity index (χ4n) is 6.50. The molecule has 6 aromatic carbocycles. The molecular formula is C42H40NO2PS. The number of fused-ring (bicyclic) bond motifs is 3. The first-order valence-electron chi connectivity index (χ1n) is 16.1. The van der Waals surface area contributed by atoms with Gasteiger partial charge in [-0.2, -0.15) is 0 Å². The summed E-state index contributed by atoms with van der Waals surface area (Å²) in [4.78, 5) is 0. The van der Waals surface area contributed by atoms with Crippen LogP contribution in [0, 0.1) is 0 Å². The quantitative estimate of drug-likeness (QED) is 0.175. The van der Waals surface area contributed by atoms with E-state index in [0.717, 1.165) is 33.6 Å². The minimum Gasteiger partial charge on any atom is -0.456 e. The average Bonchev–Trinajstić information content (AvgIpc) is 3.08. The van der Waals surface area contributed by atoms with E-state index in [4.69, 9.17) is 4.74 Å². The number of para-hydroxylation sites is 2. The fraction of sp³-hybridized carbons (Fsp3) is 0.190. The Morgan fingerprint density at radius 1 is 0.660 bits per heavy atom. The minimum absolute atomic E-state index is 0.333. The molecule has 1 aliphatic heterocycles. The van der Waals surface area contributed by atoms with Gasteiger partial charge in [-0.25, -0.2) is 8.93 Å². The van der Waals surface area contributed by atoms with Crippen LogP contribution in [0.3, 0.4) is 0 Å². The van der Waals surface area contributed by atoms with Crippen molar-refractivity contribution in [3.63, 3.8) is 0 Å². The molecule has 1 aliphatic rings. The summed E-state index contributed by atoms with van der Waals surface area (Å²) in [6, 6.07) is 49.2. The van der Waals surface area contributed by atoms with Crippen LogP contribution in [0.15, 0.2) is 140 Å².